The van der Waals surface area contributed by atoms with Gasteiger partial charge >= 0.3 is 0 Å². The number of likely N-dealkylation sites (tertiary alicyclic amines) is 1. The van der Waals surface area contributed by atoms with E-state index in [1.165, 1.54) is 0 Å². The number of β-amino-alcohol motifs (C(OH)–C–C–N with tert-alkyl or cyclic N) is 1. The van der Waals surface area contributed by atoms with Crippen molar-refractivity contribution in [2.45, 2.75) is 12.1 Å². The van der Waals surface area contributed by atoms with E-state index in [9.17, 15) is 0 Å². The molecule has 52 valence electrons. The Morgan fingerprint density at radius 2 is 2.56 bits per heavy atom. The number of hydrogen-bond acceptors (Lipinski definition) is 3. The summed E-state index contributed by atoms with van der Waals surface area (Å²) in [7, 11) is 0. The van der Waals surface area contributed by atoms with E-state index >= 15 is 0 Å². The summed E-state index contributed by atoms with van der Waals surface area (Å²) >= 11 is 0. The van der Waals surface area contributed by atoms with Crippen molar-refractivity contribution in [3.8, 4) is 0 Å². The fourth-order valence-corrected chi connectivity index (χ4v) is 1.60. The van der Waals surface area contributed by atoms with E-state index in [1.807, 2.05) is 0 Å². The summed E-state index contributed by atoms with van der Waals surface area (Å²) in [4.78, 5) is 2.32. The molecule has 0 radical (unpaired) electrons. The van der Waals surface area contributed by atoms with Crippen molar-refractivity contribution in [3.05, 3.63) is 0 Å². The van der Waals surface area contributed by atoms with Crippen molar-refractivity contribution in [2.75, 3.05) is 26.2 Å². The van der Waals surface area contributed by atoms with Crippen molar-refractivity contribution in [1.29, 1.82) is 0 Å². The van der Waals surface area contributed by atoms with Crippen molar-refractivity contribution >= 4 is 0 Å². The molecule has 3 nitrogen and oxygen atoms in total. The van der Waals surface area contributed by atoms with Crippen LogP contribution in [0.5, 0.6) is 0 Å². The first-order valence-corrected chi connectivity index (χ1v) is 3.50. The molecule has 2 rings (SSSR count). The quantitative estimate of drug-likeness (QED) is 0.482. The van der Waals surface area contributed by atoms with E-state index in [1.54, 1.807) is 0 Å². The summed E-state index contributed by atoms with van der Waals surface area (Å²) in [5, 5.41) is 11.9. The van der Waals surface area contributed by atoms with E-state index in [0.29, 0.717) is 6.61 Å². The molecule has 0 aromatic rings. The number of aliphatic hydroxyl groups excluding tert-OH is 1. The number of nitrogens with zero attached hydrogens (tertiary/aromatic N) is 1. The molecule has 2 fully saturated rings. The van der Waals surface area contributed by atoms with Crippen LogP contribution in [0.15, 0.2) is 0 Å². The highest BCUT2D eigenvalue weighted by atomic mass is 16.3. The molecule has 2 N–H and O–H groups in total. The van der Waals surface area contributed by atoms with Gasteiger partial charge in [-0.3, -0.25) is 4.90 Å². The lowest BCUT2D eigenvalue weighted by Gasteiger charge is -2.56. The Morgan fingerprint density at radius 3 is 2.89 bits per heavy atom. The first kappa shape index (κ1) is 5.65. The Balaban J connectivity index is 1.77. The van der Waals surface area contributed by atoms with Gasteiger partial charge in [0.25, 0.3) is 0 Å². The van der Waals surface area contributed by atoms with Crippen LogP contribution in [0.25, 0.3) is 0 Å². The molecule has 0 aliphatic carbocycles. The third-order valence-electron chi connectivity index (χ3n) is 2.34. The number of fused-ring (bicyclic) bond motifs is 1. The second-order valence-electron chi connectivity index (χ2n) is 2.80. The van der Waals surface area contributed by atoms with Crippen LogP contribution >= 0.6 is 0 Å². The zero-order chi connectivity index (χ0) is 6.27. The number of rotatable bonds is 2. The van der Waals surface area contributed by atoms with Gasteiger partial charge in [-0.25, -0.2) is 0 Å². The van der Waals surface area contributed by atoms with Crippen LogP contribution in [0.4, 0.5) is 0 Å². The highest BCUT2D eigenvalue weighted by Crippen LogP contribution is 2.23. The Labute approximate surface area is 54.7 Å². The van der Waals surface area contributed by atoms with Gasteiger partial charge in [-0.05, 0) is 0 Å². The van der Waals surface area contributed by atoms with E-state index in [2.05, 4.69) is 10.2 Å². The molecule has 0 aromatic carbocycles. The normalized spacial score (nSPS) is 41.0. The van der Waals surface area contributed by atoms with E-state index in [4.69, 9.17) is 5.11 Å². The lowest BCUT2D eigenvalue weighted by Crippen LogP contribution is -2.77. The second kappa shape index (κ2) is 1.94. The maximum atomic E-state index is 8.57. The van der Waals surface area contributed by atoms with Crippen LogP contribution in [0, 0.1) is 0 Å². The third-order valence-corrected chi connectivity index (χ3v) is 2.34. The summed E-state index contributed by atoms with van der Waals surface area (Å²) in [6, 6.07) is 1.52. The molecule has 0 saturated carbocycles. The van der Waals surface area contributed by atoms with Crippen LogP contribution in [0.1, 0.15) is 0 Å². The molecule has 2 aliphatic heterocycles. The van der Waals surface area contributed by atoms with Gasteiger partial charge in [-0.15, -0.1) is 0 Å². The SMILES string of the molecule is OCCN1CC2NCC21. The molecule has 2 saturated heterocycles. The zero-order valence-corrected chi connectivity index (χ0v) is 5.38. The van der Waals surface area contributed by atoms with E-state index < -0.39 is 0 Å². The van der Waals surface area contributed by atoms with Crippen molar-refractivity contribution in [1.82, 2.24) is 10.2 Å². The molecule has 0 amide bonds. The van der Waals surface area contributed by atoms with Gasteiger partial charge in [0.2, 0.25) is 0 Å². The van der Waals surface area contributed by atoms with E-state index in [0.717, 1.165) is 31.7 Å². The van der Waals surface area contributed by atoms with Crippen molar-refractivity contribution < 1.29 is 5.11 Å². The summed E-state index contributed by atoms with van der Waals surface area (Å²) in [6.07, 6.45) is 0. The summed E-state index contributed by atoms with van der Waals surface area (Å²) < 4.78 is 0. The monoisotopic (exact) mass is 128 g/mol. The molecule has 3 heteroatoms. The van der Waals surface area contributed by atoms with E-state index in [-0.39, 0.29) is 0 Å². The molecule has 0 bridgehead atoms. The minimum Gasteiger partial charge on any atom is -0.395 e. The van der Waals surface area contributed by atoms with Crippen molar-refractivity contribution in [3.63, 3.8) is 0 Å². The lowest BCUT2D eigenvalue weighted by molar-refractivity contribution is -0.0260. The smallest absolute Gasteiger partial charge is 0.0558 e. The Hall–Kier alpha value is -0.120. The lowest BCUT2D eigenvalue weighted by atomic mass is 9.89. The molecule has 9 heavy (non-hydrogen) atoms. The van der Waals surface area contributed by atoms with Crippen molar-refractivity contribution in [2.24, 2.45) is 0 Å². The Morgan fingerprint density at radius 1 is 1.67 bits per heavy atom. The summed E-state index contributed by atoms with van der Waals surface area (Å²) in [6.45, 7) is 3.45. The molecular weight excluding hydrogens is 116 g/mol. The average Bonchev–Trinajstić information content (AvgIpc) is 1.82. The molecule has 0 aromatic heterocycles. The topological polar surface area (TPSA) is 35.5 Å². The molecule has 0 spiro atoms. The minimum atomic E-state index is 0.309. The Bertz CT molecular complexity index is 116. The summed E-state index contributed by atoms with van der Waals surface area (Å²) in [5.41, 5.74) is 0. The van der Waals surface area contributed by atoms with Crippen LogP contribution in [0.3, 0.4) is 0 Å². The fourth-order valence-electron chi connectivity index (χ4n) is 1.60. The highest BCUT2D eigenvalue weighted by molar-refractivity contribution is 5.05. The Kier molecular flexibility index (Phi) is 1.22. The fraction of sp³-hybridized carbons (Fsp3) is 1.00. The molecule has 2 atom stereocenters. The summed E-state index contributed by atoms with van der Waals surface area (Å²) in [5.74, 6) is 0. The number of nitrogens with one attached hydrogen (secondary N) is 1. The predicted octanol–water partition coefficient (Wildman–Crippen LogP) is -1.37. The number of hydrogen-bond donors (Lipinski definition) is 2. The molecular formula is C6H12N2O. The molecule has 2 aliphatic rings. The maximum absolute atomic E-state index is 8.57. The van der Waals surface area contributed by atoms with Crippen LogP contribution in [-0.2, 0) is 0 Å². The maximum Gasteiger partial charge on any atom is 0.0558 e. The average molecular weight is 128 g/mol. The predicted molar refractivity (Wildman–Crippen MR) is 34.2 cm³/mol. The van der Waals surface area contributed by atoms with Gasteiger partial charge in [0.15, 0.2) is 0 Å². The largest absolute Gasteiger partial charge is 0.395 e. The van der Waals surface area contributed by atoms with Gasteiger partial charge in [0, 0.05) is 31.7 Å². The standard InChI is InChI=1S/C6H12N2O/c9-2-1-8-4-5-6(8)3-7-5/h5-7,9H,1-4H2. The first-order chi connectivity index (χ1) is 4.42. The van der Waals surface area contributed by atoms with Gasteiger partial charge in [0.05, 0.1) is 6.61 Å². The van der Waals surface area contributed by atoms with Gasteiger partial charge in [-0.2, -0.15) is 0 Å². The highest BCUT2D eigenvalue weighted by Gasteiger charge is 2.44. The van der Waals surface area contributed by atoms with Crippen LogP contribution in [0.2, 0.25) is 0 Å². The van der Waals surface area contributed by atoms with Gasteiger partial charge < -0.3 is 10.4 Å². The number of aliphatic hydroxyl groups is 1. The van der Waals surface area contributed by atoms with Crippen LogP contribution < -0.4 is 5.32 Å². The molecule has 2 unspecified atom stereocenters. The third kappa shape index (κ3) is 0.689. The zero-order valence-electron chi connectivity index (χ0n) is 5.38. The van der Waals surface area contributed by atoms with Gasteiger partial charge in [-0.1, -0.05) is 0 Å². The number of piperazine rings is 1. The molecule has 2 heterocycles. The second-order valence-corrected chi connectivity index (χ2v) is 2.80. The van der Waals surface area contributed by atoms with Crippen LogP contribution in [-0.4, -0.2) is 48.3 Å². The van der Waals surface area contributed by atoms with Gasteiger partial charge in [0.1, 0.15) is 0 Å². The first-order valence-electron chi connectivity index (χ1n) is 3.50. The minimum absolute atomic E-state index is 0.309.